The Bertz CT molecular complexity index is 1350. The van der Waals surface area contributed by atoms with Crippen molar-refractivity contribution in [2.75, 3.05) is 26.3 Å². The molecule has 0 spiro atoms. The van der Waals surface area contributed by atoms with Crippen molar-refractivity contribution >= 4 is 40.9 Å². The number of carboxylic acid groups (broad SMARTS) is 1. The number of hydrogen-bond donors (Lipinski definition) is 6. The van der Waals surface area contributed by atoms with Gasteiger partial charge in [0.25, 0.3) is 11.8 Å². The van der Waals surface area contributed by atoms with Crippen molar-refractivity contribution in [3.05, 3.63) is 65.2 Å². The Morgan fingerprint density at radius 3 is 2.26 bits per heavy atom. The highest BCUT2D eigenvalue weighted by molar-refractivity contribution is 6.42. The first-order valence-corrected chi connectivity index (χ1v) is 13.1. The average Bonchev–Trinajstić information content (AvgIpc) is 3.39. The summed E-state index contributed by atoms with van der Waals surface area (Å²) in [6, 6.07) is 12.7. The summed E-state index contributed by atoms with van der Waals surface area (Å²) < 4.78 is 5.25. The molecule has 14 nitrogen and oxygen atoms in total. The van der Waals surface area contributed by atoms with Crippen LogP contribution in [0.25, 0.3) is 0 Å². The number of carboxylic acids is 1. The van der Waals surface area contributed by atoms with Crippen LogP contribution in [0.3, 0.4) is 0 Å². The zero-order valence-corrected chi connectivity index (χ0v) is 23.0. The number of fused-ring (bicyclic) bond motifs is 1. The lowest BCUT2D eigenvalue weighted by Gasteiger charge is -2.33. The highest BCUT2D eigenvalue weighted by atomic mass is 16.5. The summed E-state index contributed by atoms with van der Waals surface area (Å²) in [4.78, 5) is 52.1. The van der Waals surface area contributed by atoms with Gasteiger partial charge in [0, 0.05) is 24.2 Å². The SMILES string of the molecule is CC(NC(=O)c1ccc(/C(N)=N/O)cc1)C(=O)N1CCC(OCC(=O)O)CC1.NC(=O)C1=Nc2ccccc2C1CO. The summed E-state index contributed by atoms with van der Waals surface area (Å²) in [5.41, 5.74) is 13.3. The first kappa shape index (κ1) is 31.7. The number of aliphatic hydroxyl groups excluding tert-OH is 1. The van der Waals surface area contributed by atoms with Crippen molar-refractivity contribution in [2.24, 2.45) is 21.6 Å². The van der Waals surface area contributed by atoms with Crippen molar-refractivity contribution in [1.29, 1.82) is 0 Å². The number of carbonyl (C=O) groups is 4. The van der Waals surface area contributed by atoms with Crippen LogP contribution in [0, 0.1) is 0 Å². The fraction of sp³-hybridized carbons (Fsp3) is 0.357. The number of ether oxygens (including phenoxy) is 1. The lowest BCUT2D eigenvalue weighted by molar-refractivity contribution is -0.147. The molecule has 2 aliphatic heterocycles. The van der Waals surface area contributed by atoms with Gasteiger partial charge in [-0.1, -0.05) is 35.5 Å². The number of amides is 3. The number of aliphatic carboxylic acids is 1. The number of benzene rings is 2. The van der Waals surface area contributed by atoms with Gasteiger partial charge in [-0.3, -0.25) is 14.4 Å². The van der Waals surface area contributed by atoms with E-state index in [4.69, 9.17) is 31.6 Å². The maximum atomic E-state index is 12.5. The number of hydrogen-bond acceptors (Lipinski definition) is 9. The number of nitrogens with one attached hydrogen (secondary N) is 1. The Morgan fingerprint density at radius 2 is 1.69 bits per heavy atom. The lowest BCUT2D eigenvalue weighted by Crippen LogP contribution is -2.50. The Kier molecular flexibility index (Phi) is 11.1. The predicted molar refractivity (Wildman–Crippen MR) is 152 cm³/mol. The van der Waals surface area contributed by atoms with E-state index in [0.717, 1.165) is 11.3 Å². The molecule has 1 fully saturated rings. The number of aliphatic hydroxyl groups is 1. The number of amidine groups is 1. The van der Waals surface area contributed by atoms with E-state index in [1.54, 1.807) is 30.0 Å². The number of aliphatic imine (C=N–C) groups is 1. The molecule has 2 aliphatic rings. The summed E-state index contributed by atoms with van der Waals surface area (Å²) in [7, 11) is 0. The van der Waals surface area contributed by atoms with Crippen LogP contribution in [0.15, 0.2) is 58.7 Å². The van der Waals surface area contributed by atoms with E-state index in [0.29, 0.717) is 37.1 Å². The van der Waals surface area contributed by atoms with Gasteiger partial charge >= 0.3 is 5.97 Å². The van der Waals surface area contributed by atoms with Crippen molar-refractivity contribution in [1.82, 2.24) is 10.2 Å². The van der Waals surface area contributed by atoms with Gasteiger partial charge in [0.2, 0.25) is 5.91 Å². The minimum atomic E-state index is -1.02. The number of nitrogens with two attached hydrogens (primary N) is 2. The Hall–Kier alpha value is -4.82. The van der Waals surface area contributed by atoms with Crippen molar-refractivity contribution in [3.8, 4) is 0 Å². The van der Waals surface area contributed by atoms with Gasteiger partial charge in [-0.25, -0.2) is 9.79 Å². The number of nitrogens with zero attached hydrogens (tertiary/aromatic N) is 3. The number of carbonyl (C=O) groups excluding carboxylic acids is 3. The molecule has 0 aromatic heterocycles. The van der Waals surface area contributed by atoms with Gasteiger partial charge in [-0.2, -0.15) is 0 Å². The third-order valence-electron chi connectivity index (χ3n) is 6.78. The van der Waals surface area contributed by atoms with Crippen LogP contribution in [-0.2, 0) is 19.1 Å². The summed E-state index contributed by atoms with van der Waals surface area (Å²) in [6.45, 7) is 2.01. The maximum absolute atomic E-state index is 12.5. The van der Waals surface area contributed by atoms with Gasteiger partial charge in [0.15, 0.2) is 5.84 Å². The van der Waals surface area contributed by atoms with Crippen LogP contribution in [0.4, 0.5) is 5.69 Å². The second-order valence-electron chi connectivity index (χ2n) is 9.64. The number of oxime groups is 1. The molecule has 2 atom stereocenters. The van der Waals surface area contributed by atoms with E-state index < -0.39 is 23.8 Å². The monoisotopic (exact) mass is 582 g/mol. The maximum Gasteiger partial charge on any atom is 0.329 e. The second-order valence-corrected chi connectivity index (χ2v) is 9.64. The molecule has 42 heavy (non-hydrogen) atoms. The number of rotatable bonds is 9. The Balaban J connectivity index is 0.000000287. The second kappa shape index (κ2) is 14.7. The van der Waals surface area contributed by atoms with E-state index in [1.165, 1.54) is 12.1 Å². The highest BCUT2D eigenvalue weighted by Gasteiger charge is 2.30. The molecule has 14 heteroatoms. The van der Waals surface area contributed by atoms with Gasteiger partial charge in [-0.15, -0.1) is 0 Å². The van der Waals surface area contributed by atoms with E-state index in [9.17, 15) is 19.2 Å². The molecule has 3 amide bonds. The summed E-state index contributed by atoms with van der Waals surface area (Å²) >= 11 is 0. The third kappa shape index (κ3) is 8.11. The fourth-order valence-corrected chi connectivity index (χ4v) is 4.55. The topological polar surface area (TPSA) is 230 Å². The van der Waals surface area contributed by atoms with Crippen molar-refractivity contribution in [3.63, 3.8) is 0 Å². The largest absolute Gasteiger partial charge is 0.480 e. The summed E-state index contributed by atoms with van der Waals surface area (Å²) in [6.07, 6.45) is 0.919. The smallest absolute Gasteiger partial charge is 0.329 e. The van der Waals surface area contributed by atoms with Crippen LogP contribution < -0.4 is 16.8 Å². The molecular weight excluding hydrogens is 548 g/mol. The summed E-state index contributed by atoms with van der Waals surface area (Å²) in [5, 5.41) is 32.0. The van der Waals surface area contributed by atoms with Crippen LogP contribution in [0.1, 0.15) is 47.2 Å². The number of likely N-dealkylation sites (tertiary alicyclic amines) is 1. The first-order valence-electron chi connectivity index (χ1n) is 13.1. The standard InChI is InChI=1S/C18H24N4O6.C10H10N2O2/c1-11(18(26)22-8-6-14(7-9-22)28-10-15(23)24)20-17(25)13-4-2-12(3-5-13)16(19)21-27;11-10(14)9-7(5-13)6-3-1-2-4-8(6)12-9/h2-5,11,14,27H,6-10H2,1H3,(H2,19,21)(H,20,25)(H,23,24);1-4,7,13H,5H2,(H2,11,14). The molecule has 8 N–H and O–H groups in total. The zero-order valence-electron chi connectivity index (χ0n) is 23.0. The number of para-hydroxylation sites is 1. The Labute approximate surface area is 241 Å². The fourth-order valence-electron chi connectivity index (χ4n) is 4.55. The predicted octanol–water partition coefficient (Wildman–Crippen LogP) is 0.326. The van der Waals surface area contributed by atoms with Crippen LogP contribution in [0.5, 0.6) is 0 Å². The van der Waals surface area contributed by atoms with Gasteiger partial charge < -0.3 is 41.8 Å². The van der Waals surface area contributed by atoms with E-state index in [1.807, 2.05) is 18.2 Å². The van der Waals surface area contributed by atoms with Crippen LogP contribution >= 0.6 is 0 Å². The molecule has 2 unspecified atom stereocenters. The van der Waals surface area contributed by atoms with Crippen molar-refractivity contribution in [2.45, 2.75) is 37.8 Å². The molecule has 2 aromatic rings. The van der Waals surface area contributed by atoms with Crippen LogP contribution in [0.2, 0.25) is 0 Å². The Morgan fingerprint density at radius 1 is 1.07 bits per heavy atom. The molecule has 224 valence electrons. The molecule has 0 radical (unpaired) electrons. The van der Waals surface area contributed by atoms with E-state index >= 15 is 0 Å². The molecule has 4 rings (SSSR count). The molecule has 2 heterocycles. The quantitative estimate of drug-likeness (QED) is 0.103. The molecule has 2 aromatic carbocycles. The molecule has 0 bridgehead atoms. The number of primary amides is 1. The highest BCUT2D eigenvalue weighted by Crippen LogP contribution is 2.34. The average molecular weight is 583 g/mol. The minimum Gasteiger partial charge on any atom is -0.480 e. The lowest BCUT2D eigenvalue weighted by atomic mass is 9.96. The van der Waals surface area contributed by atoms with E-state index in [2.05, 4.69) is 15.5 Å². The van der Waals surface area contributed by atoms with Gasteiger partial charge in [0.1, 0.15) is 18.4 Å². The third-order valence-corrected chi connectivity index (χ3v) is 6.78. The van der Waals surface area contributed by atoms with E-state index in [-0.39, 0.29) is 42.7 Å². The number of piperidine rings is 1. The van der Waals surface area contributed by atoms with Gasteiger partial charge in [0.05, 0.1) is 24.3 Å². The van der Waals surface area contributed by atoms with Gasteiger partial charge in [-0.05, 0) is 43.5 Å². The first-order chi connectivity index (χ1) is 20.0. The molecule has 1 saturated heterocycles. The molecule has 0 aliphatic carbocycles. The molecular formula is C28H34N6O8. The molecule has 0 saturated carbocycles. The normalized spacial score (nSPS) is 17.3. The summed E-state index contributed by atoms with van der Waals surface area (Å²) in [5.74, 6) is -2.63. The zero-order chi connectivity index (χ0) is 30.8. The van der Waals surface area contributed by atoms with Crippen molar-refractivity contribution < 1.29 is 39.3 Å². The minimum absolute atomic E-state index is 0.0637. The van der Waals surface area contributed by atoms with Crippen LogP contribution in [-0.4, -0.2) is 94.0 Å².